The van der Waals surface area contributed by atoms with Gasteiger partial charge in [0, 0.05) is 10.5 Å². The van der Waals surface area contributed by atoms with Gasteiger partial charge in [0.2, 0.25) is 8.32 Å². The van der Waals surface area contributed by atoms with Crippen LogP contribution in [0.3, 0.4) is 0 Å². The largest absolute Gasteiger partial charge is 0.544 e. The summed E-state index contributed by atoms with van der Waals surface area (Å²) >= 11 is 3.34. The van der Waals surface area contributed by atoms with Crippen molar-refractivity contribution >= 4 is 30.0 Å². The molecule has 0 radical (unpaired) electrons. The quantitative estimate of drug-likeness (QED) is 0.590. The second-order valence-corrected chi connectivity index (χ2v) is 8.94. The highest BCUT2D eigenvalue weighted by atomic mass is 79.9. The molecule has 0 saturated heterocycles. The van der Waals surface area contributed by atoms with E-state index >= 15 is 0 Å². The molecule has 14 heavy (non-hydrogen) atoms. The van der Waals surface area contributed by atoms with Gasteiger partial charge < -0.3 is 4.43 Å². The van der Waals surface area contributed by atoms with Gasteiger partial charge in [-0.15, -0.1) is 0 Å². The third kappa shape index (κ3) is 3.68. The molecule has 0 aliphatic carbocycles. The van der Waals surface area contributed by atoms with Crippen molar-refractivity contribution in [2.24, 2.45) is 0 Å². The van der Waals surface area contributed by atoms with Crippen molar-refractivity contribution in [3.63, 3.8) is 0 Å². The van der Waals surface area contributed by atoms with Crippen LogP contribution in [0, 0.1) is 0 Å². The van der Waals surface area contributed by atoms with E-state index in [0.717, 1.165) is 11.3 Å². The normalized spacial score (nSPS) is 12.7. The van der Waals surface area contributed by atoms with Gasteiger partial charge in [0.15, 0.2) is 0 Å². The van der Waals surface area contributed by atoms with Crippen LogP contribution in [0.4, 0.5) is 0 Å². The van der Waals surface area contributed by atoms with Gasteiger partial charge in [-0.3, -0.25) is 0 Å². The molecule has 1 rings (SSSR count). The molecule has 76 valence electrons. The first-order valence-electron chi connectivity index (χ1n) is 4.58. The van der Waals surface area contributed by atoms with E-state index in [1.807, 2.05) is 35.3 Å². The molecule has 1 nitrogen and oxygen atoms in total. The first-order valence-corrected chi connectivity index (χ1v) is 8.90. The lowest BCUT2D eigenvalue weighted by atomic mass is 10.2. The van der Waals surface area contributed by atoms with Crippen LogP contribution in [0.25, 0.3) is 5.76 Å². The van der Waals surface area contributed by atoms with Crippen LogP contribution in [0.1, 0.15) is 5.56 Å². The van der Waals surface area contributed by atoms with Gasteiger partial charge in [0.25, 0.3) is 0 Å². The van der Waals surface area contributed by atoms with Crippen molar-refractivity contribution < 1.29 is 4.43 Å². The highest BCUT2D eigenvalue weighted by Crippen LogP contribution is 2.21. The molecule has 3 heteroatoms. The topological polar surface area (TPSA) is 9.23 Å². The maximum Gasteiger partial charge on any atom is 0.242 e. The molecule has 0 bridgehead atoms. The van der Waals surface area contributed by atoms with E-state index in [0.29, 0.717) is 0 Å². The van der Waals surface area contributed by atoms with E-state index in [2.05, 4.69) is 35.6 Å². The number of hydrogen-bond donors (Lipinski definition) is 0. The van der Waals surface area contributed by atoms with E-state index in [1.165, 1.54) is 0 Å². The van der Waals surface area contributed by atoms with E-state index in [9.17, 15) is 0 Å². The van der Waals surface area contributed by atoms with Crippen molar-refractivity contribution in [2.75, 3.05) is 0 Å². The molecular formula is C11H15BrOSi. The smallest absolute Gasteiger partial charge is 0.242 e. The fourth-order valence-corrected chi connectivity index (χ4v) is 2.44. The average Bonchev–Trinajstić information content (AvgIpc) is 2.14. The molecule has 0 atom stereocenters. The number of hydrogen-bond acceptors (Lipinski definition) is 1. The summed E-state index contributed by atoms with van der Waals surface area (Å²) in [5.41, 5.74) is 1.12. The molecule has 0 spiro atoms. The Hall–Kier alpha value is -0.543. The second kappa shape index (κ2) is 4.80. The molecule has 0 N–H and O–H groups in total. The summed E-state index contributed by atoms with van der Waals surface area (Å²) in [6.07, 6.45) is 0. The summed E-state index contributed by atoms with van der Waals surface area (Å²) in [6, 6.07) is 10.1. The number of benzene rings is 1. The lowest BCUT2D eigenvalue weighted by Crippen LogP contribution is -2.24. The van der Waals surface area contributed by atoms with Gasteiger partial charge in [-0.1, -0.05) is 46.3 Å². The van der Waals surface area contributed by atoms with Gasteiger partial charge in [0.1, 0.15) is 5.76 Å². The van der Waals surface area contributed by atoms with Crippen LogP contribution in [-0.2, 0) is 4.43 Å². The summed E-state index contributed by atoms with van der Waals surface area (Å²) in [6.45, 7) is 6.52. The number of halogens is 1. The fraction of sp³-hybridized carbons (Fsp3) is 0.273. The minimum atomic E-state index is -1.52. The molecule has 0 fully saturated rings. The molecule has 0 aliphatic rings. The third-order valence-electron chi connectivity index (χ3n) is 1.57. The summed E-state index contributed by atoms with van der Waals surface area (Å²) in [5, 5.41) is 0. The summed E-state index contributed by atoms with van der Waals surface area (Å²) in [7, 11) is -1.52. The Bertz CT molecular complexity index is 314. The van der Waals surface area contributed by atoms with Crippen LogP contribution in [0.2, 0.25) is 19.6 Å². The zero-order valence-electron chi connectivity index (χ0n) is 8.75. The second-order valence-electron chi connectivity index (χ2n) is 4.05. The summed E-state index contributed by atoms with van der Waals surface area (Å²) in [4.78, 5) is 1.85. The van der Waals surface area contributed by atoms with Gasteiger partial charge >= 0.3 is 0 Å². The molecule has 0 saturated carbocycles. The predicted molar refractivity (Wildman–Crippen MR) is 67.8 cm³/mol. The standard InChI is InChI=1S/C11H15BrOSi/c1-14(2,3)13-11(9-12)10-7-5-4-6-8-10/h4-9H,1-3H3/b11-9-. The predicted octanol–water partition coefficient (Wildman–Crippen LogP) is 4.23. The first kappa shape index (κ1) is 11.5. The molecule has 0 heterocycles. The van der Waals surface area contributed by atoms with Crippen LogP contribution in [-0.4, -0.2) is 8.32 Å². The maximum atomic E-state index is 5.93. The third-order valence-corrected chi connectivity index (χ3v) is 2.82. The Morgan fingerprint density at radius 1 is 1.21 bits per heavy atom. The zero-order valence-corrected chi connectivity index (χ0v) is 11.3. The molecule has 0 amide bonds. The van der Waals surface area contributed by atoms with Gasteiger partial charge in [-0.25, -0.2) is 0 Å². The van der Waals surface area contributed by atoms with Crippen molar-refractivity contribution in [1.82, 2.24) is 0 Å². The van der Waals surface area contributed by atoms with Crippen molar-refractivity contribution in [3.05, 3.63) is 40.9 Å². The van der Waals surface area contributed by atoms with Crippen molar-refractivity contribution in [3.8, 4) is 0 Å². The minimum Gasteiger partial charge on any atom is -0.544 e. The van der Waals surface area contributed by atoms with Crippen LogP contribution < -0.4 is 0 Å². The fourth-order valence-electron chi connectivity index (χ4n) is 1.08. The van der Waals surface area contributed by atoms with E-state index in [4.69, 9.17) is 4.43 Å². The summed E-state index contributed by atoms with van der Waals surface area (Å²) < 4.78 is 5.93. The Labute approximate surface area is 95.1 Å². The lowest BCUT2D eigenvalue weighted by molar-refractivity contribution is 0.516. The van der Waals surface area contributed by atoms with Crippen molar-refractivity contribution in [2.45, 2.75) is 19.6 Å². The zero-order chi connectivity index (χ0) is 10.6. The first-order chi connectivity index (χ1) is 6.53. The molecule has 0 unspecified atom stereocenters. The highest BCUT2D eigenvalue weighted by molar-refractivity contribution is 9.11. The maximum absolute atomic E-state index is 5.93. The highest BCUT2D eigenvalue weighted by Gasteiger charge is 2.18. The lowest BCUT2D eigenvalue weighted by Gasteiger charge is -2.21. The van der Waals surface area contributed by atoms with Crippen LogP contribution in [0.15, 0.2) is 35.3 Å². The number of rotatable bonds is 3. The van der Waals surface area contributed by atoms with E-state index in [1.54, 1.807) is 0 Å². The minimum absolute atomic E-state index is 0.921. The van der Waals surface area contributed by atoms with Gasteiger partial charge in [-0.2, -0.15) is 0 Å². The average molecular weight is 271 g/mol. The van der Waals surface area contributed by atoms with E-state index in [-0.39, 0.29) is 0 Å². The molecule has 0 aliphatic heterocycles. The van der Waals surface area contributed by atoms with Gasteiger partial charge in [0.05, 0.1) is 0 Å². The monoisotopic (exact) mass is 270 g/mol. The molecule has 0 aromatic heterocycles. The molecular weight excluding hydrogens is 256 g/mol. The van der Waals surface area contributed by atoms with E-state index < -0.39 is 8.32 Å². The Balaban J connectivity index is 2.85. The SMILES string of the molecule is C[Si](C)(C)O/C(=C\Br)c1ccccc1. The molecule has 1 aromatic rings. The van der Waals surface area contributed by atoms with Crippen LogP contribution >= 0.6 is 15.9 Å². The Morgan fingerprint density at radius 2 is 1.79 bits per heavy atom. The molecule has 1 aromatic carbocycles. The van der Waals surface area contributed by atoms with Crippen LogP contribution in [0.5, 0.6) is 0 Å². The van der Waals surface area contributed by atoms with Gasteiger partial charge in [-0.05, 0) is 19.6 Å². The Morgan fingerprint density at radius 3 is 2.21 bits per heavy atom. The van der Waals surface area contributed by atoms with Crippen molar-refractivity contribution in [1.29, 1.82) is 0 Å². The Kier molecular flexibility index (Phi) is 3.95. The summed E-state index contributed by atoms with van der Waals surface area (Å²) in [5.74, 6) is 0.921.